The number of rotatable bonds is 9. The van der Waals surface area contributed by atoms with Crippen LogP contribution >= 0.6 is 0 Å². The minimum absolute atomic E-state index is 0.275. The molecule has 27 heavy (non-hydrogen) atoms. The molecule has 1 N–H and O–H groups in total. The van der Waals surface area contributed by atoms with E-state index in [0.717, 1.165) is 60.8 Å². The summed E-state index contributed by atoms with van der Waals surface area (Å²) < 4.78 is 5.49. The van der Waals surface area contributed by atoms with Gasteiger partial charge in [-0.2, -0.15) is 0 Å². The molecule has 0 fully saturated rings. The Morgan fingerprint density at radius 1 is 0.926 bits per heavy atom. The second-order valence-corrected chi connectivity index (χ2v) is 6.80. The van der Waals surface area contributed by atoms with Gasteiger partial charge in [-0.15, -0.1) is 0 Å². The van der Waals surface area contributed by atoms with Gasteiger partial charge in [-0.1, -0.05) is 38.8 Å². The molecule has 0 aliphatic rings. The number of benzene rings is 2. The van der Waals surface area contributed by atoms with E-state index in [1.165, 1.54) is 6.92 Å². The Bertz CT molecular complexity index is 791. The lowest BCUT2D eigenvalue weighted by atomic mass is 9.91. The number of esters is 1. The Labute approximate surface area is 161 Å². The second kappa shape index (κ2) is 9.91. The quantitative estimate of drug-likeness (QED) is 0.458. The molecule has 0 radical (unpaired) electrons. The maximum absolute atomic E-state index is 11.5. The molecule has 144 valence electrons. The maximum atomic E-state index is 11.5. The number of carbonyl (C=O) groups is 2. The highest BCUT2D eigenvalue weighted by atomic mass is 16.5. The fourth-order valence-electron chi connectivity index (χ4n) is 3.11. The highest BCUT2D eigenvalue weighted by molar-refractivity contribution is 5.88. The molecular formula is C23H28O4. The molecule has 0 aliphatic heterocycles. The van der Waals surface area contributed by atoms with Gasteiger partial charge in [-0.25, -0.2) is 4.79 Å². The predicted octanol–water partition coefficient (Wildman–Crippen LogP) is 5.66. The maximum Gasteiger partial charge on any atom is 0.335 e. The van der Waals surface area contributed by atoms with E-state index in [2.05, 4.69) is 19.9 Å². The van der Waals surface area contributed by atoms with E-state index in [0.29, 0.717) is 5.75 Å². The molecule has 2 aromatic carbocycles. The number of carboxylic acid groups (broad SMARTS) is 1. The van der Waals surface area contributed by atoms with Crippen molar-refractivity contribution in [3.8, 4) is 16.9 Å². The molecule has 4 nitrogen and oxygen atoms in total. The molecule has 0 saturated carbocycles. The van der Waals surface area contributed by atoms with Crippen LogP contribution in [0.1, 0.15) is 67.9 Å². The number of unbranched alkanes of at least 4 members (excludes halogenated alkanes) is 2. The molecule has 0 saturated heterocycles. The van der Waals surface area contributed by atoms with E-state index in [4.69, 9.17) is 9.84 Å². The van der Waals surface area contributed by atoms with Crippen molar-refractivity contribution in [1.29, 1.82) is 0 Å². The van der Waals surface area contributed by atoms with Gasteiger partial charge in [0.15, 0.2) is 0 Å². The van der Waals surface area contributed by atoms with Gasteiger partial charge in [0.05, 0.1) is 5.56 Å². The Morgan fingerprint density at radius 3 is 2.04 bits per heavy atom. The summed E-state index contributed by atoms with van der Waals surface area (Å²) in [6.45, 7) is 5.70. The van der Waals surface area contributed by atoms with Crippen LogP contribution in [0.2, 0.25) is 0 Å². The van der Waals surface area contributed by atoms with Crippen molar-refractivity contribution in [2.24, 2.45) is 0 Å². The van der Waals surface area contributed by atoms with Crippen LogP contribution in [0.3, 0.4) is 0 Å². The summed E-state index contributed by atoms with van der Waals surface area (Å²) in [5.74, 6) is -0.595. The smallest absolute Gasteiger partial charge is 0.335 e. The summed E-state index contributed by atoms with van der Waals surface area (Å²) in [6, 6.07) is 11.1. The van der Waals surface area contributed by atoms with Crippen LogP contribution < -0.4 is 4.74 Å². The van der Waals surface area contributed by atoms with Crippen molar-refractivity contribution in [3.05, 3.63) is 53.1 Å². The SMILES string of the molecule is CCCCc1cc(-c2ccc(C(=O)O)cc2)c(CCCC)cc1OC(C)=O. The molecule has 4 heteroatoms. The Balaban J connectivity index is 2.53. The van der Waals surface area contributed by atoms with Gasteiger partial charge in [0.2, 0.25) is 0 Å². The average Bonchev–Trinajstić information content (AvgIpc) is 2.65. The van der Waals surface area contributed by atoms with Crippen LogP contribution in [-0.4, -0.2) is 17.0 Å². The third-order valence-electron chi connectivity index (χ3n) is 4.58. The first-order valence-corrected chi connectivity index (χ1v) is 9.64. The summed E-state index contributed by atoms with van der Waals surface area (Å²) in [5, 5.41) is 9.13. The molecule has 0 amide bonds. The van der Waals surface area contributed by atoms with E-state index in [9.17, 15) is 9.59 Å². The summed E-state index contributed by atoms with van der Waals surface area (Å²) >= 11 is 0. The van der Waals surface area contributed by atoms with Crippen LogP contribution in [-0.2, 0) is 17.6 Å². The van der Waals surface area contributed by atoms with E-state index in [-0.39, 0.29) is 11.5 Å². The molecule has 0 aliphatic carbocycles. The minimum Gasteiger partial charge on any atom is -0.478 e. The normalized spacial score (nSPS) is 10.6. The number of carboxylic acids is 1. The fourth-order valence-corrected chi connectivity index (χ4v) is 3.11. The largest absolute Gasteiger partial charge is 0.478 e. The number of aryl methyl sites for hydroxylation is 2. The molecule has 0 heterocycles. The van der Waals surface area contributed by atoms with Gasteiger partial charge in [0.25, 0.3) is 0 Å². The third kappa shape index (κ3) is 5.68. The van der Waals surface area contributed by atoms with Crippen LogP contribution in [0.25, 0.3) is 11.1 Å². The van der Waals surface area contributed by atoms with Crippen molar-refractivity contribution in [1.82, 2.24) is 0 Å². The van der Waals surface area contributed by atoms with Gasteiger partial charge in [-0.3, -0.25) is 4.79 Å². The lowest BCUT2D eigenvalue weighted by molar-refractivity contribution is -0.131. The molecule has 0 spiro atoms. The van der Waals surface area contributed by atoms with E-state index in [1.54, 1.807) is 12.1 Å². The average molecular weight is 368 g/mol. The lowest BCUT2D eigenvalue weighted by Gasteiger charge is -2.16. The van der Waals surface area contributed by atoms with Gasteiger partial charge in [-0.05, 0) is 72.2 Å². The minimum atomic E-state index is -0.929. The van der Waals surface area contributed by atoms with Crippen molar-refractivity contribution in [2.45, 2.75) is 59.3 Å². The first-order valence-electron chi connectivity index (χ1n) is 9.64. The number of carbonyl (C=O) groups excluding carboxylic acids is 1. The zero-order valence-corrected chi connectivity index (χ0v) is 16.4. The topological polar surface area (TPSA) is 63.6 Å². The van der Waals surface area contributed by atoms with Gasteiger partial charge in [0.1, 0.15) is 5.75 Å². The predicted molar refractivity (Wildman–Crippen MR) is 107 cm³/mol. The van der Waals surface area contributed by atoms with Crippen LogP contribution in [0.15, 0.2) is 36.4 Å². The fraction of sp³-hybridized carbons (Fsp3) is 0.391. The standard InChI is InChI=1S/C23H28O4/c1-4-6-8-19-15-22(27-16(3)24)20(9-7-5-2)14-21(19)17-10-12-18(13-11-17)23(25)26/h10-15H,4-9H2,1-3H3,(H,25,26). The highest BCUT2D eigenvalue weighted by Crippen LogP contribution is 2.33. The molecular weight excluding hydrogens is 340 g/mol. The van der Waals surface area contributed by atoms with Crippen LogP contribution in [0, 0.1) is 0 Å². The summed E-state index contributed by atoms with van der Waals surface area (Å²) in [4.78, 5) is 22.7. The highest BCUT2D eigenvalue weighted by Gasteiger charge is 2.14. The lowest BCUT2D eigenvalue weighted by Crippen LogP contribution is -2.06. The Kier molecular flexibility index (Phi) is 7.59. The molecule has 0 atom stereocenters. The molecule has 2 aromatic rings. The van der Waals surface area contributed by atoms with Gasteiger partial charge in [0, 0.05) is 6.92 Å². The summed E-state index contributed by atoms with van der Waals surface area (Å²) in [5.41, 5.74) is 4.48. The van der Waals surface area contributed by atoms with Crippen molar-refractivity contribution in [3.63, 3.8) is 0 Å². The second-order valence-electron chi connectivity index (χ2n) is 6.80. The molecule has 0 unspecified atom stereocenters. The third-order valence-corrected chi connectivity index (χ3v) is 4.58. The van der Waals surface area contributed by atoms with E-state index in [1.807, 2.05) is 18.2 Å². The zero-order chi connectivity index (χ0) is 19.8. The molecule has 0 bridgehead atoms. The zero-order valence-electron chi connectivity index (χ0n) is 16.4. The number of hydrogen-bond acceptors (Lipinski definition) is 3. The number of ether oxygens (including phenoxy) is 1. The van der Waals surface area contributed by atoms with Gasteiger partial charge >= 0.3 is 11.9 Å². The van der Waals surface area contributed by atoms with Crippen molar-refractivity contribution >= 4 is 11.9 Å². The monoisotopic (exact) mass is 368 g/mol. The van der Waals surface area contributed by atoms with Gasteiger partial charge < -0.3 is 9.84 Å². The Morgan fingerprint density at radius 2 is 1.52 bits per heavy atom. The number of hydrogen-bond donors (Lipinski definition) is 1. The van der Waals surface area contributed by atoms with Crippen molar-refractivity contribution in [2.75, 3.05) is 0 Å². The molecule has 0 aromatic heterocycles. The Hall–Kier alpha value is -2.62. The number of aromatic carboxylic acids is 1. The van der Waals surface area contributed by atoms with E-state index >= 15 is 0 Å². The first kappa shape index (κ1) is 20.7. The summed E-state index contributed by atoms with van der Waals surface area (Å²) in [6.07, 6.45) is 5.90. The summed E-state index contributed by atoms with van der Waals surface area (Å²) in [7, 11) is 0. The van der Waals surface area contributed by atoms with Crippen LogP contribution in [0.4, 0.5) is 0 Å². The van der Waals surface area contributed by atoms with Crippen molar-refractivity contribution < 1.29 is 19.4 Å². The van der Waals surface area contributed by atoms with Crippen LogP contribution in [0.5, 0.6) is 5.75 Å². The van der Waals surface area contributed by atoms with E-state index < -0.39 is 5.97 Å². The first-order chi connectivity index (χ1) is 13.0. The molecule has 2 rings (SSSR count).